The monoisotopic (exact) mass is 218 g/mol. The van der Waals surface area contributed by atoms with Crippen molar-refractivity contribution in [2.24, 2.45) is 5.92 Å². The molecule has 0 unspecified atom stereocenters. The Morgan fingerprint density at radius 3 is 3.00 bits per heavy atom. The standard InChI is InChI=1S/C11H14N4O/c12-10-8-3-4-15(11(16)7-1-2-7)5-9(8)13-6-14-10/h6-7H,1-5H2,(H2,12,13,14). The normalized spacial score (nSPS) is 19.4. The number of nitrogen functional groups attached to an aromatic ring is 1. The molecule has 1 saturated carbocycles. The van der Waals surface area contributed by atoms with Gasteiger partial charge in [-0.2, -0.15) is 0 Å². The van der Waals surface area contributed by atoms with Crippen LogP contribution in [0.2, 0.25) is 0 Å². The van der Waals surface area contributed by atoms with E-state index >= 15 is 0 Å². The summed E-state index contributed by atoms with van der Waals surface area (Å²) in [6, 6.07) is 0. The van der Waals surface area contributed by atoms with Gasteiger partial charge in [0, 0.05) is 18.0 Å². The van der Waals surface area contributed by atoms with Crippen molar-refractivity contribution < 1.29 is 4.79 Å². The summed E-state index contributed by atoms with van der Waals surface area (Å²) in [5.74, 6) is 1.12. The fraction of sp³-hybridized carbons (Fsp3) is 0.545. The van der Waals surface area contributed by atoms with Crippen LogP contribution >= 0.6 is 0 Å². The molecule has 0 aromatic carbocycles. The highest BCUT2D eigenvalue weighted by Crippen LogP contribution is 2.32. The molecule has 0 saturated heterocycles. The first-order chi connectivity index (χ1) is 7.75. The number of aromatic nitrogens is 2. The van der Waals surface area contributed by atoms with Crippen molar-refractivity contribution in [1.29, 1.82) is 0 Å². The summed E-state index contributed by atoms with van der Waals surface area (Å²) in [6.07, 6.45) is 4.35. The molecule has 1 aliphatic carbocycles. The third kappa shape index (κ3) is 1.52. The van der Waals surface area contributed by atoms with Crippen LogP contribution in [0, 0.1) is 5.92 Å². The number of hydrogen-bond donors (Lipinski definition) is 1. The molecule has 5 nitrogen and oxygen atoms in total. The second-order valence-electron chi connectivity index (χ2n) is 4.47. The van der Waals surface area contributed by atoms with Crippen LogP contribution in [0.25, 0.3) is 0 Å². The first-order valence-corrected chi connectivity index (χ1v) is 5.62. The van der Waals surface area contributed by atoms with Crippen molar-refractivity contribution in [1.82, 2.24) is 14.9 Å². The summed E-state index contributed by atoms with van der Waals surface area (Å²) >= 11 is 0. The lowest BCUT2D eigenvalue weighted by atomic mass is 10.1. The van der Waals surface area contributed by atoms with E-state index in [1.54, 1.807) is 0 Å². The molecule has 2 heterocycles. The van der Waals surface area contributed by atoms with E-state index in [4.69, 9.17) is 5.73 Å². The van der Waals surface area contributed by atoms with Crippen molar-refractivity contribution in [3.05, 3.63) is 17.6 Å². The van der Waals surface area contributed by atoms with Crippen molar-refractivity contribution in [2.75, 3.05) is 12.3 Å². The van der Waals surface area contributed by atoms with Crippen molar-refractivity contribution in [3.63, 3.8) is 0 Å². The van der Waals surface area contributed by atoms with Crippen LogP contribution in [0.1, 0.15) is 24.1 Å². The summed E-state index contributed by atoms with van der Waals surface area (Å²) in [5.41, 5.74) is 7.71. The van der Waals surface area contributed by atoms with Gasteiger partial charge in [0.15, 0.2) is 0 Å². The number of rotatable bonds is 1. The largest absolute Gasteiger partial charge is 0.383 e. The van der Waals surface area contributed by atoms with Crippen LogP contribution in [0.4, 0.5) is 5.82 Å². The molecule has 0 bridgehead atoms. The molecule has 0 spiro atoms. The SMILES string of the molecule is Nc1ncnc2c1CCN(C(=O)C1CC1)C2. The molecule has 3 rings (SSSR count). The molecule has 1 aromatic rings. The first kappa shape index (κ1) is 9.57. The van der Waals surface area contributed by atoms with E-state index in [1.807, 2.05) is 4.90 Å². The van der Waals surface area contributed by atoms with Crippen LogP contribution < -0.4 is 5.73 Å². The summed E-state index contributed by atoms with van der Waals surface area (Å²) < 4.78 is 0. The van der Waals surface area contributed by atoms with E-state index in [2.05, 4.69) is 9.97 Å². The highest BCUT2D eigenvalue weighted by molar-refractivity contribution is 5.81. The maximum Gasteiger partial charge on any atom is 0.226 e. The first-order valence-electron chi connectivity index (χ1n) is 5.62. The van der Waals surface area contributed by atoms with Crippen molar-refractivity contribution >= 4 is 11.7 Å². The Labute approximate surface area is 93.7 Å². The molecule has 2 aliphatic rings. The second kappa shape index (κ2) is 3.43. The maximum atomic E-state index is 11.9. The third-order valence-electron chi connectivity index (χ3n) is 3.28. The molecule has 1 aromatic heterocycles. The third-order valence-corrected chi connectivity index (χ3v) is 3.28. The minimum Gasteiger partial charge on any atom is -0.383 e. The maximum absolute atomic E-state index is 11.9. The van der Waals surface area contributed by atoms with Gasteiger partial charge in [0.2, 0.25) is 5.91 Å². The Balaban J connectivity index is 1.83. The van der Waals surface area contributed by atoms with Crippen LogP contribution in [0.15, 0.2) is 6.33 Å². The molecule has 1 amide bonds. The average Bonchev–Trinajstić information content (AvgIpc) is 3.12. The second-order valence-corrected chi connectivity index (χ2v) is 4.47. The van der Waals surface area contributed by atoms with Crippen LogP contribution in [0.5, 0.6) is 0 Å². The number of carbonyl (C=O) groups is 1. The molecule has 5 heteroatoms. The van der Waals surface area contributed by atoms with Gasteiger partial charge >= 0.3 is 0 Å². The predicted molar refractivity (Wildman–Crippen MR) is 58.3 cm³/mol. The Morgan fingerprint density at radius 1 is 1.44 bits per heavy atom. The average molecular weight is 218 g/mol. The number of nitrogens with zero attached hydrogens (tertiary/aromatic N) is 3. The lowest BCUT2D eigenvalue weighted by Gasteiger charge is -2.28. The van der Waals surface area contributed by atoms with Crippen LogP contribution in [-0.4, -0.2) is 27.3 Å². The van der Waals surface area contributed by atoms with Crippen LogP contribution in [-0.2, 0) is 17.8 Å². The van der Waals surface area contributed by atoms with E-state index in [1.165, 1.54) is 6.33 Å². The van der Waals surface area contributed by atoms with Gasteiger partial charge < -0.3 is 10.6 Å². The fourth-order valence-corrected chi connectivity index (χ4v) is 2.16. The zero-order valence-corrected chi connectivity index (χ0v) is 9.02. The van der Waals surface area contributed by atoms with E-state index in [0.29, 0.717) is 12.4 Å². The summed E-state index contributed by atoms with van der Waals surface area (Å²) in [6.45, 7) is 1.34. The van der Waals surface area contributed by atoms with Gasteiger partial charge in [-0.25, -0.2) is 9.97 Å². The Morgan fingerprint density at radius 2 is 2.25 bits per heavy atom. The number of fused-ring (bicyclic) bond motifs is 1. The quantitative estimate of drug-likeness (QED) is 0.738. The number of hydrogen-bond acceptors (Lipinski definition) is 4. The predicted octanol–water partition coefficient (Wildman–Crippen LogP) is 0.353. The topological polar surface area (TPSA) is 72.1 Å². The number of carbonyl (C=O) groups excluding carboxylic acids is 1. The van der Waals surface area contributed by atoms with Crippen molar-refractivity contribution in [2.45, 2.75) is 25.8 Å². The number of anilines is 1. The molecule has 84 valence electrons. The molecule has 0 radical (unpaired) electrons. The number of nitrogens with two attached hydrogens (primary N) is 1. The fourth-order valence-electron chi connectivity index (χ4n) is 2.16. The summed E-state index contributed by atoms with van der Waals surface area (Å²) in [7, 11) is 0. The molecule has 2 N–H and O–H groups in total. The minimum atomic E-state index is 0.278. The van der Waals surface area contributed by atoms with E-state index in [-0.39, 0.29) is 11.8 Å². The number of amides is 1. The Kier molecular flexibility index (Phi) is 2.05. The Hall–Kier alpha value is -1.65. The lowest BCUT2D eigenvalue weighted by Crippen LogP contribution is -2.37. The Bertz CT molecular complexity index is 442. The highest BCUT2D eigenvalue weighted by Gasteiger charge is 2.35. The van der Waals surface area contributed by atoms with E-state index in [9.17, 15) is 4.79 Å². The molecule has 16 heavy (non-hydrogen) atoms. The van der Waals surface area contributed by atoms with Gasteiger partial charge in [-0.1, -0.05) is 0 Å². The summed E-state index contributed by atoms with van der Waals surface area (Å²) in [4.78, 5) is 22.0. The van der Waals surface area contributed by atoms with Gasteiger partial charge in [0.05, 0.1) is 12.2 Å². The molecular formula is C11H14N4O. The van der Waals surface area contributed by atoms with Crippen molar-refractivity contribution in [3.8, 4) is 0 Å². The van der Waals surface area contributed by atoms with Gasteiger partial charge in [0.1, 0.15) is 12.1 Å². The van der Waals surface area contributed by atoms with Gasteiger partial charge in [0.25, 0.3) is 0 Å². The molecule has 1 aliphatic heterocycles. The molecule has 0 atom stereocenters. The van der Waals surface area contributed by atoms with Gasteiger partial charge in [-0.05, 0) is 19.3 Å². The van der Waals surface area contributed by atoms with E-state index < -0.39 is 0 Å². The van der Waals surface area contributed by atoms with Crippen LogP contribution in [0.3, 0.4) is 0 Å². The highest BCUT2D eigenvalue weighted by atomic mass is 16.2. The van der Waals surface area contributed by atoms with E-state index in [0.717, 1.165) is 37.1 Å². The molecule has 1 fully saturated rings. The smallest absolute Gasteiger partial charge is 0.226 e. The zero-order valence-electron chi connectivity index (χ0n) is 9.02. The minimum absolute atomic E-state index is 0.278. The summed E-state index contributed by atoms with van der Waals surface area (Å²) in [5, 5.41) is 0. The van der Waals surface area contributed by atoms with Gasteiger partial charge in [-0.3, -0.25) is 4.79 Å². The molecular weight excluding hydrogens is 204 g/mol. The van der Waals surface area contributed by atoms with Gasteiger partial charge in [-0.15, -0.1) is 0 Å². The lowest BCUT2D eigenvalue weighted by molar-refractivity contribution is -0.133. The zero-order chi connectivity index (χ0) is 11.1.